The second-order valence-electron chi connectivity index (χ2n) is 6.15. The average Bonchev–Trinajstić information content (AvgIpc) is 3.38. The van der Waals surface area contributed by atoms with Gasteiger partial charge in [-0.05, 0) is 25.0 Å². The molecule has 0 aliphatic carbocycles. The van der Waals surface area contributed by atoms with Gasteiger partial charge in [0.2, 0.25) is 5.91 Å². The minimum Gasteiger partial charge on any atom is -0.486 e. The maximum absolute atomic E-state index is 12.0. The quantitative estimate of drug-likeness (QED) is 0.672. The molecule has 8 heteroatoms. The number of aromatic nitrogens is 2. The Kier molecular flexibility index (Phi) is 5.10. The van der Waals surface area contributed by atoms with Gasteiger partial charge in [-0.3, -0.25) is 4.79 Å². The number of hydrogen-bond donors (Lipinski definition) is 2. The van der Waals surface area contributed by atoms with Crippen molar-refractivity contribution in [1.82, 2.24) is 15.3 Å². The van der Waals surface area contributed by atoms with Crippen LogP contribution in [0, 0.1) is 0 Å². The summed E-state index contributed by atoms with van der Waals surface area (Å²) in [6.07, 6.45) is 1.40. The van der Waals surface area contributed by atoms with Crippen molar-refractivity contribution in [1.29, 1.82) is 0 Å². The van der Waals surface area contributed by atoms with E-state index in [0.717, 1.165) is 35.1 Å². The fourth-order valence-corrected chi connectivity index (χ4v) is 3.71. The van der Waals surface area contributed by atoms with E-state index in [1.165, 1.54) is 11.3 Å². The lowest BCUT2D eigenvalue weighted by atomic mass is 10.2. The van der Waals surface area contributed by atoms with E-state index in [1.54, 1.807) is 5.51 Å². The molecule has 0 radical (unpaired) electrons. The van der Waals surface area contributed by atoms with E-state index < -0.39 is 0 Å². The number of nitrogens with one attached hydrogen (secondary N) is 2. The Hall–Kier alpha value is -2.09. The molecule has 3 heterocycles. The number of carbonyl (C=O) groups is 1. The first-order valence-electron chi connectivity index (χ1n) is 8.39. The van der Waals surface area contributed by atoms with Crippen LogP contribution in [0.3, 0.4) is 0 Å². The zero-order valence-electron chi connectivity index (χ0n) is 14.0. The smallest absolute Gasteiger partial charge is 0.249 e. The van der Waals surface area contributed by atoms with E-state index in [1.807, 2.05) is 23.6 Å². The first kappa shape index (κ1) is 17.3. The number of benzene rings is 1. The topological polar surface area (TPSA) is 76.2 Å². The Morgan fingerprint density at radius 2 is 2.38 bits per heavy atom. The molecule has 1 aromatic carbocycles. The lowest BCUT2D eigenvalue weighted by Gasteiger charge is -2.09. The molecular formula is C18H18ClN3O3S. The second kappa shape index (κ2) is 7.65. The number of hydrogen-bond acceptors (Lipinski definition) is 5. The first-order valence-corrected chi connectivity index (χ1v) is 9.71. The Labute approximate surface area is 159 Å². The van der Waals surface area contributed by atoms with Crippen LogP contribution in [0.2, 0.25) is 5.02 Å². The summed E-state index contributed by atoms with van der Waals surface area (Å²) in [6.45, 7) is 1.45. The van der Waals surface area contributed by atoms with Gasteiger partial charge in [0.1, 0.15) is 18.5 Å². The fourth-order valence-electron chi connectivity index (χ4n) is 2.94. The predicted octanol–water partition coefficient (Wildman–Crippen LogP) is 3.65. The standard InChI is InChI=1S/C18H18ClN3O3S/c19-14-5-11-4-12(7-20-18(23)16-2-1-3-24-16)22-15(11)6-17(14)25-8-13-9-26-10-21-13/h4-6,9-10,16,22H,1-3,7-8H2,(H,20,23)/t16-/m0/s1. The van der Waals surface area contributed by atoms with Gasteiger partial charge in [0.25, 0.3) is 0 Å². The number of fused-ring (bicyclic) bond motifs is 1. The highest BCUT2D eigenvalue weighted by atomic mass is 35.5. The van der Waals surface area contributed by atoms with Crippen LogP contribution in [0.25, 0.3) is 10.9 Å². The maximum atomic E-state index is 12.0. The number of H-pyrrole nitrogens is 1. The molecule has 1 amide bonds. The number of rotatable bonds is 6. The van der Waals surface area contributed by atoms with Crippen molar-refractivity contribution in [3.05, 3.63) is 45.5 Å². The number of amides is 1. The van der Waals surface area contributed by atoms with Gasteiger partial charge in [-0.15, -0.1) is 11.3 Å². The maximum Gasteiger partial charge on any atom is 0.249 e. The van der Waals surface area contributed by atoms with Crippen LogP contribution in [0.15, 0.2) is 29.1 Å². The number of ether oxygens (including phenoxy) is 2. The summed E-state index contributed by atoms with van der Waals surface area (Å²) in [6, 6.07) is 5.70. The Morgan fingerprint density at radius 1 is 1.46 bits per heavy atom. The molecule has 2 aromatic heterocycles. The van der Waals surface area contributed by atoms with E-state index in [-0.39, 0.29) is 12.0 Å². The van der Waals surface area contributed by atoms with Crippen LogP contribution in [-0.2, 0) is 22.7 Å². The normalized spacial score (nSPS) is 16.9. The molecule has 1 aliphatic heterocycles. The predicted molar refractivity (Wildman–Crippen MR) is 101 cm³/mol. The Morgan fingerprint density at radius 3 is 3.15 bits per heavy atom. The van der Waals surface area contributed by atoms with E-state index in [4.69, 9.17) is 21.1 Å². The molecule has 2 N–H and O–H groups in total. The van der Waals surface area contributed by atoms with Crippen molar-refractivity contribution in [3.8, 4) is 5.75 Å². The molecular weight excluding hydrogens is 374 g/mol. The van der Waals surface area contributed by atoms with Crippen LogP contribution in [0.5, 0.6) is 5.75 Å². The summed E-state index contributed by atoms with van der Waals surface area (Å²) in [5, 5.41) is 6.36. The lowest BCUT2D eigenvalue weighted by molar-refractivity contribution is -0.130. The summed E-state index contributed by atoms with van der Waals surface area (Å²) < 4.78 is 11.2. The van der Waals surface area contributed by atoms with Gasteiger partial charge in [-0.2, -0.15) is 0 Å². The highest BCUT2D eigenvalue weighted by molar-refractivity contribution is 7.07. The molecule has 4 rings (SSSR count). The largest absolute Gasteiger partial charge is 0.486 e. The van der Waals surface area contributed by atoms with Gasteiger partial charge < -0.3 is 19.8 Å². The molecule has 0 spiro atoms. The lowest BCUT2D eigenvalue weighted by Crippen LogP contribution is -2.33. The van der Waals surface area contributed by atoms with E-state index in [2.05, 4.69) is 15.3 Å². The zero-order valence-corrected chi connectivity index (χ0v) is 15.5. The molecule has 0 bridgehead atoms. The zero-order chi connectivity index (χ0) is 17.9. The van der Waals surface area contributed by atoms with E-state index in [0.29, 0.717) is 30.5 Å². The van der Waals surface area contributed by atoms with Crippen molar-refractivity contribution in [3.63, 3.8) is 0 Å². The molecule has 1 atom stereocenters. The summed E-state index contributed by atoms with van der Waals surface area (Å²) in [7, 11) is 0. The number of nitrogens with zero attached hydrogens (tertiary/aromatic N) is 1. The minimum atomic E-state index is -0.320. The van der Waals surface area contributed by atoms with Crippen LogP contribution < -0.4 is 10.1 Å². The minimum absolute atomic E-state index is 0.0635. The van der Waals surface area contributed by atoms with Crippen molar-refractivity contribution < 1.29 is 14.3 Å². The van der Waals surface area contributed by atoms with Crippen LogP contribution in [0.4, 0.5) is 0 Å². The van der Waals surface area contributed by atoms with E-state index in [9.17, 15) is 4.79 Å². The molecule has 1 aliphatic rings. The van der Waals surface area contributed by atoms with Crippen molar-refractivity contribution in [2.24, 2.45) is 0 Å². The van der Waals surface area contributed by atoms with E-state index >= 15 is 0 Å². The number of thiazole rings is 1. The second-order valence-corrected chi connectivity index (χ2v) is 7.28. The first-order chi connectivity index (χ1) is 12.7. The molecule has 1 fully saturated rings. The van der Waals surface area contributed by atoms with Crippen LogP contribution in [0.1, 0.15) is 24.2 Å². The van der Waals surface area contributed by atoms with Crippen LogP contribution >= 0.6 is 22.9 Å². The van der Waals surface area contributed by atoms with Crippen molar-refractivity contribution in [2.45, 2.75) is 32.1 Å². The summed E-state index contributed by atoms with van der Waals surface area (Å²) in [5.74, 6) is 0.537. The highest BCUT2D eigenvalue weighted by Crippen LogP contribution is 2.31. The van der Waals surface area contributed by atoms with Gasteiger partial charge in [0, 0.05) is 34.7 Å². The van der Waals surface area contributed by atoms with Gasteiger partial charge in [-0.1, -0.05) is 11.6 Å². The third-order valence-electron chi connectivity index (χ3n) is 4.26. The summed E-state index contributed by atoms with van der Waals surface area (Å²) in [5.41, 5.74) is 4.45. The third-order valence-corrected chi connectivity index (χ3v) is 5.19. The van der Waals surface area contributed by atoms with Gasteiger partial charge in [0.15, 0.2) is 0 Å². The number of carbonyl (C=O) groups excluding carboxylic acids is 1. The average molecular weight is 392 g/mol. The number of aromatic amines is 1. The SMILES string of the molecule is O=C(NCc1cc2cc(Cl)c(OCc3cscn3)cc2[nH]1)[C@@H]1CCCO1. The number of halogens is 1. The van der Waals surface area contributed by atoms with Gasteiger partial charge in [0.05, 0.1) is 22.8 Å². The molecule has 6 nitrogen and oxygen atoms in total. The van der Waals surface area contributed by atoms with Crippen molar-refractivity contribution in [2.75, 3.05) is 6.61 Å². The molecule has 136 valence electrons. The fraction of sp³-hybridized carbons (Fsp3) is 0.333. The molecule has 26 heavy (non-hydrogen) atoms. The molecule has 0 unspecified atom stereocenters. The monoisotopic (exact) mass is 391 g/mol. The van der Waals surface area contributed by atoms with Crippen molar-refractivity contribution >= 4 is 39.7 Å². The molecule has 3 aromatic rings. The Balaban J connectivity index is 1.43. The molecule has 1 saturated heterocycles. The van der Waals surface area contributed by atoms with Gasteiger partial charge in [-0.25, -0.2) is 4.98 Å². The van der Waals surface area contributed by atoms with Gasteiger partial charge >= 0.3 is 0 Å². The van der Waals surface area contributed by atoms with Crippen LogP contribution in [-0.4, -0.2) is 28.6 Å². The summed E-state index contributed by atoms with van der Waals surface area (Å²) >= 11 is 7.85. The highest BCUT2D eigenvalue weighted by Gasteiger charge is 2.23. The molecule has 0 saturated carbocycles. The third kappa shape index (κ3) is 3.85. The summed E-state index contributed by atoms with van der Waals surface area (Å²) in [4.78, 5) is 19.5. The Bertz CT molecular complexity index is 904.